The molecule has 6 heteroatoms. The van der Waals surface area contributed by atoms with Crippen molar-refractivity contribution in [3.05, 3.63) is 34.5 Å². The van der Waals surface area contributed by atoms with Crippen LogP contribution in [0, 0.1) is 12.8 Å². The van der Waals surface area contributed by atoms with Crippen LogP contribution in [0.25, 0.3) is 0 Å². The van der Waals surface area contributed by atoms with E-state index < -0.39 is 0 Å². The van der Waals surface area contributed by atoms with Gasteiger partial charge in [-0.05, 0) is 38.3 Å². The van der Waals surface area contributed by atoms with Crippen molar-refractivity contribution in [2.75, 3.05) is 13.1 Å². The highest BCUT2D eigenvalue weighted by Gasteiger charge is 2.47. The third kappa shape index (κ3) is 2.56. The van der Waals surface area contributed by atoms with Crippen LogP contribution in [0.1, 0.15) is 41.0 Å². The first-order chi connectivity index (χ1) is 10.7. The van der Waals surface area contributed by atoms with E-state index in [4.69, 9.17) is 0 Å². The lowest BCUT2D eigenvalue weighted by Crippen LogP contribution is -2.41. The fraction of sp³-hybridized carbons (Fsp3) is 0.562. The van der Waals surface area contributed by atoms with E-state index in [1.165, 1.54) is 9.75 Å². The number of carbonyl (C=O) groups is 1. The number of aryl methyl sites for hydroxylation is 1. The van der Waals surface area contributed by atoms with Crippen molar-refractivity contribution in [3.8, 4) is 0 Å². The lowest BCUT2D eigenvalue weighted by Gasteiger charge is -2.32. The first-order valence-electron chi connectivity index (χ1n) is 7.91. The van der Waals surface area contributed by atoms with Crippen molar-refractivity contribution in [1.82, 2.24) is 19.7 Å². The molecule has 1 saturated carbocycles. The summed E-state index contributed by atoms with van der Waals surface area (Å²) in [5.41, 5.74) is 0. The van der Waals surface area contributed by atoms with Gasteiger partial charge >= 0.3 is 0 Å². The van der Waals surface area contributed by atoms with Gasteiger partial charge in [0.15, 0.2) is 0 Å². The van der Waals surface area contributed by atoms with Gasteiger partial charge in [0.25, 0.3) is 0 Å². The predicted octanol–water partition coefficient (Wildman–Crippen LogP) is 2.62. The molecule has 0 aromatic carbocycles. The number of likely N-dealkylation sites (tertiary alicyclic amines) is 1. The zero-order valence-corrected chi connectivity index (χ0v) is 13.5. The van der Waals surface area contributed by atoms with Crippen LogP contribution in [0.2, 0.25) is 0 Å². The maximum Gasteiger partial charge on any atom is 0.226 e. The summed E-state index contributed by atoms with van der Waals surface area (Å²) < 4.78 is 1.90. The van der Waals surface area contributed by atoms with Crippen LogP contribution in [-0.4, -0.2) is 38.7 Å². The monoisotopic (exact) mass is 316 g/mol. The maximum atomic E-state index is 12.8. The van der Waals surface area contributed by atoms with Crippen molar-refractivity contribution >= 4 is 17.2 Å². The largest absolute Gasteiger partial charge is 0.340 e. The van der Waals surface area contributed by atoms with Crippen LogP contribution in [0.15, 0.2) is 24.8 Å². The fourth-order valence-corrected chi connectivity index (χ4v) is 4.50. The van der Waals surface area contributed by atoms with Crippen LogP contribution in [0.3, 0.4) is 0 Å². The molecular formula is C16H20N4OS. The number of aromatic nitrogens is 3. The van der Waals surface area contributed by atoms with E-state index in [0.29, 0.717) is 11.8 Å². The Labute approximate surface area is 134 Å². The molecule has 2 fully saturated rings. The van der Waals surface area contributed by atoms with Gasteiger partial charge in [0, 0.05) is 34.7 Å². The molecular weight excluding hydrogens is 296 g/mol. The molecule has 1 saturated heterocycles. The van der Waals surface area contributed by atoms with Gasteiger partial charge in [-0.2, -0.15) is 5.10 Å². The summed E-state index contributed by atoms with van der Waals surface area (Å²) in [6, 6.07) is 4.62. The second-order valence-electron chi connectivity index (χ2n) is 6.35. The number of thiophene rings is 1. The molecule has 2 aromatic rings. The normalized spacial score (nSPS) is 27.9. The number of carbonyl (C=O) groups excluding carboxylic acids is 1. The third-order valence-corrected chi connectivity index (χ3v) is 5.89. The van der Waals surface area contributed by atoms with E-state index in [9.17, 15) is 4.79 Å². The minimum absolute atomic E-state index is 0.201. The molecule has 0 radical (unpaired) electrons. The summed E-state index contributed by atoms with van der Waals surface area (Å²) in [4.78, 5) is 21.5. The van der Waals surface area contributed by atoms with Gasteiger partial charge in [0.2, 0.25) is 5.91 Å². The average Bonchev–Trinajstić information content (AvgIpc) is 2.95. The molecule has 1 aliphatic carbocycles. The molecule has 0 N–H and O–H groups in total. The van der Waals surface area contributed by atoms with Crippen LogP contribution in [-0.2, 0) is 4.79 Å². The molecule has 0 bridgehead atoms. The first-order valence-corrected chi connectivity index (χ1v) is 8.73. The Morgan fingerprint density at radius 1 is 1.41 bits per heavy atom. The molecule has 1 aliphatic heterocycles. The topological polar surface area (TPSA) is 51.0 Å². The lowest BCUT2D eigenvalue weighted by molar-refractivity contribution is -0.134. The summed E-state index contributed by atoms with van der Waals surface area (Å²) in [6.45, 7) is 3.78. The molecule has 2 aromatic heterocycles. The highest BCUT2D eigenvalue weighted by atomic mass is 32.1. The van der Waals surface area contributed by atoms with Gasteiger partial charge in [-0.15, -0.1) is 11.3 Å². The summed E-state index contributed by atoms with van der Waals surface area (Å²) in [7, 11) is 0. The van der Waals surface area contributed by atoms with Crippen molar-refractivity contribution in [3.63, 3.8) is 0 Å². The van der Waals surface area contributed by atoms with E-state index in [-0.39, 0.29) is 12.0 Å². The van der Waals surface area contributed by atoms with Crippen molar-refractivity contribution in [1.29, 1.82) is 0 Å². The second kappa shape index (κ2) is 5.50. The van der Waals surface area contributed by atoms with E-state index in [2.05, 4.69) is 29.1 Å². The Balaban J connectivity index is 1.41. The number of amides is 1. The van der Waals surface area contributed by atoms with E-state index in [1.54, 1.807) is 12.7 Å². The minimum Gasteiger partial charge on any atom is -0.340 e. The number of hydrogen-bond donors (Lipinski definition) is 0. The standard InChI is InChI=1S/C16H20N4OS/c1-11-4-5-15(22-11)13-7-14(13)16(21)19-6-2-3-12(8-19)20-10-17-9-18-20/h4-5,9-10,12-14H,2-3,6-8H2,1H3/t12-,13-,14+/m1/s1. The fourth-order valence-electron chi connectivity index (χ4n) is 3.45. The second-order valence-corrected chi connectivity index (χ2v) is 7.67. The Hall–Kier alpha value is -1.69. The van der Waals surface area contributed by atoms with Gasteiger partial charge < -0.3 is 4.90 Å². The summed E-state index contributed by atoms with van der Waals surface area (Å²) in [5, 5.41) is 4.23. The average molecular weight is 316 g/mol. The highest BCUT2D eigenvalue weighted by molar-refractivity contribution is 7.12. The molecule has 4 rings (SSSR count). The van der Waals surface area contributed by atoms with Crippen molar-refractivity contribution < 1.29 is 4.79 Å². The zero-order valence-electron chi connectivity index (χ0n) is 12.7. The highest BCUT2D eigenvalue weighted by Crippen LogP contribution is 2.50. The quantitative estimate of drug-likeness (QED) is 0.874. The Bertz CT molecular complexity index is 666. The minimum atomic E-state index is 0.201. The van der Waals surface area contributed by atoms with Crippen LogP contribution in [0.5, 0.6) is 0 Å². The third-order valence-electron chi connectivity index (χ3n) is 4.75. The van der Waals surface area contributed by atoms with Crippen molar-refractivity contribution in [2.45, 2.75) is 38.1 Å². The molecule has 5 nitrogen and oxygen atoms in total. The Morgan fingerprint density at radius 2 is 2.32 bits per heavy atom. The van der Waals surface area contributed by atoms with Gasteiger partial charge in [0.05, 0.1) is 6.04 Å². The molecule has 116 valence electrons. The lowest BCUT2D eigenvalue weighted by atomic mass is 10.1. The number of hydrogen-bond acceptors (Lipinski definition) is 4. The summed E-state index contributed by atoms with van der Waals surface area (Å²) in [6.07, 6.45) is 6.46. The Kier molecular flexibility index (Phi) is 3.48. The molecule has 1 amide bonds. The molecule has 3 heterocycles. The number of rotatable bonds is 3. The van der Waals surface area contributed by atoms with Gasteiger partial charge in [-0.1, -0.05) is 0 Å². The van der Waals surface area contributed by atoms with Gasteiger partial charge in [-0.3, -0.25) is 4.79 Å². The van der Waals surface area contributed by atoms with E-state index >= 15 is 0 Å². The van der Waals surface area contributed by atoms with E-state index in [1.807, 2.05) is 20.9 Å². The molecule has 2 aliphatic rings. The predicted molar refractivity (Wildman–Crippen MR) is 84.8 cm³/mol. The smallest absolute Gasteiger partial charge is 0.226 e. The summed E-state index contributed by atoms with van der Waals surface area (Å²) in [5.74, 6) is 0.992. The van der Waals surface area contributed by atoms with E-state index in [0.717, 1.165) is 32.4 Å². The summed E-state index contributed by atoms with van der Waals surface area (Å²) >= 11 is 1.83. The number of nitrogens with zero attached hydrogens (tertiary/aromatic N) is 4. The molecule has 0 spiro atoms. The van der Waals surface area contributed by atoms with Crippen molar-refractivity contribution in [2.24, 2.45) is 5.92 Å². The Morgan fingerprint density at radius 3 is 3.05 bits per heavy atom. The SMILES string of the molecule is Cc1ccc([C@@H]2C[C@@H]2C(=O)N2CCC[C@@H](n3cncn3)C2)s1. The maximum absolute atomic E-state index is 12.8. The van der Waals surface area contributed by atoms with Crippen LogP contribution < -0.4 is 0 Å². The number of piperidine rings is 1. The van der Waals surface area contributed by atoms with Crippen LogP contribution in [0.4, 0.5) is 0 Å². The zero-order chi connectivity index (χ0) is 15.1. The molecule has 0 unspecified atom stereocenters. The van der Waals surface area contributed by atoms with Gasteiger partial charge in [-0.25, -0.2) is 9.67 Å². The molecule has 22 heavy (non-hydrogen) atoms. The van der Waals surface area contributed by atoms with Gasteiger partial charge in [0.1, 0.15) is 12.7 Å². The molecule has 3 atom stereocenters. The first kappa shape index (κ1) is 13.9. The van der Waals surface area contributed by atoms with Crippen LogP contribution >= 0.6 is 11.3 Å².